The predicted molar refractivity (Wildman–Crippen MR) is 93.4 cm³/mol. The normalized spacial score (nSPS) is 10.6. The van der Waals surface area contributed by atoms with Gasteiger partial charge >= 0.3 is 0 Å². The summed E-state index contributed by atoms with van der Waals surface area (Å²) in [5.74, 6) is -0.0976. The van der Waals surface area contributed by atoms with E-state index in [9.17, 15) is 4.79 Å². The molecular formula is C18H19ClN2O. The molecule has 2 aromatic rings. The number of rotatable bonds is 6. The molecule has 0 bridgehead atoms. The van der Waals surface area contributed by atoms with Crippen LogP contribution in [0.15, 0.2) is 54.6 Å². The summed E-state index contributed by atoms with van der Waals surface area (Å²) in [4.78, 5) is 12.2. The quantitative estimate of drug-likeness (QED) is 0.784. The largest absolute Gasteiger partial charge is 0.383 e. The van der Waals surface area contributed by atoms with Gasteiger partial charge in [0.05, 0.1) is 0 Å². The number of benzene rings is 2. The van der Waals surface area contributed by atoms with Crippen LogP contribution in [-0.2, 0) is 0 Å². The molecule has 2 N–H and O–H groups in total. The van der Waals surface area contributed by atoms with Crippen molar-refractivity contribution >= 4 is 29.3 Å². The smallest absolute Gasteiger partial charge is 0.251 e. The molecule has 0 aromatic heterocycles. The lowest BCUT2D eigenvalue weighted by Gasteiger charge is -2.10. The van der Waals surface area contributed by atoms with Crippen LogP contribution in [0, 0.1) is 0 Å². The Labute approximate surface area is 136 Å². The van der Waals surface area contributed by atoms with Crippen LogP contribution in [-0.4, -0.2) is 19.0 Å². The lowest BCUT2D eigenvalue weighted by molar-refractivity contribution is 0.0955. The van der Waals surface area contributed by atoms with Gasteiger partial charge in [0.1, 0.15) is 0 Å². The molecule has 0 aliphatic heterocycles. The Morgan fingerprint density at radius 3 is 2.64 bits per heavy atom. The summed E-state index contributed by atoms with van der Waals surface area (Å²) in [5.41, 5.74) is 2.49. The third-order valence-electron chi connectivity index (χ3n) is 3.12. The second kappa shape index (κ2) is 8.25. The zero-order chi connectivity index (χ0) is 15.8. The van der Waals surface area contributed by atoms with Crippen LogP contribution in [0.5, 0.6) is 0 Å². The summed E-state index contributed by atoms with van der Waals surface area (Å²) in [6.07, 6.45) is 3.77. The van der Waals surface area contributed by atoms with Crippen molar-refractivity contribution in [3.8, 4) is 0 Å². The van der Waals surface area contributed by atoms with Crippen LogP contribution in [0.4, 0.5) is 5.69 Å². The Bertz CT molecular complexity index is 653. The highest BCUT2D eigenvalue weighted by molar-refractivity contribution is 6.30. The molecule has 0 aliphatic rings. The molecule has 0 fully saturated rings. The maximum Gasteiger partial charge on any atom is 0.251 e. The Kier molecular flexibility index (Phi) is 6.04. The van der Waals surface area contributed by atoms with Crippen molar-refractivity contribution in [1.29, 1.82) is 0 Å². The van der Waals surface area contributed by atoms with Gasteiger partial charge in [-0.05, 0) is 42.8 Å². The van der Waals surface area contributed by atoms with Crippen molar-refractivity contribution in [2.24, 2.45) is 0 Å². The van der Waals surface area contributed by atoms with Gasteiger partial charge in [-0.25, -0.2) is 0 Å². The molecule has 0 saturated heterocycles. The number of carbonyl (C=O) groups excluding carboxylic acids is 1. The summed E-state index contributed by atoms with van der Waals surface area (Å²) in [6.45, 7) is 3.13. The summed E-state index contributed by atoms with van der Waals surface area (Å²) in [7, 11) is 0. The maximum absolute atomic E-state index is 12.2. The molecule has 1 amide bonds. The Hall–Kier alpha value is -2.26. The summed E-state index contributed by atoms with van der Waals surface area (Å²) < 4.78 is 0. The molecule has 2 rings (SSSR count). The Balaban J connectivity index is 1.90. The Morgan fingerprint density at radius 2 is 1.91 bits per heavy atom. The van der Waals surface area contributed by atoms with Crippen molar-refractivity contribution in [2.75, 3.05) is 18.4 Å². The minimum atomic E-state index is -0.0976. The van der Waals surface area contributed by atoms with Gasteiger partial charge < -0.3 is 10.6 Å². The van der Waals surface area contributed by atoms with E-state index in [1.54, 1.807) is 18.2 Å². The van der Waals surface area contributed by atoms with Crippen LogP contribution in [0.2, 0.25) is 5.02 Å². The van der Waals surface area contributed by atoms with Gasteiger partial charge in [-0.3, -0.25) is 4.79 Å². The molecule has 0 spiro atoms. The van der Waals surface area contributed by atoms with Gasteiger partial charge in [0.25, 0.3) is 5.91 Å². The molecule has 0 aliphatic carbocycles. The minimum absolute atomic E-state index is 0.0976. The number of nitrogens with one attached hydrogen (secondary N) is 2. The average molecular weight is 315 g/mol. The van der Waals surface area contributed by atoms with E-state index in [-0.39, 0.29) is 5.91 Å². The van der Waals surface area contributed by atoms with E-state index in [1.807, 2.05) is 49.4 Å². The molecule has 4 heteroatoms. The fourth-order valence-electron chi connectivity index (χ4n) is 2.09. The number of hydrogen-bond donors (Lipinski definition) is 2. The second-order valence-electron chi connectivity index (χ2n) is 4.78. The van der Waals surface area contributed by atoms with Gasteiger partial charge in [0.15, 0.2) is 0 Å². The molecule has 0 saturated carbocycles. The molecule has 0 heterocycles. The zero-order valence-corrected chi connectivity index (χ0v) is 13.2. The number of hydrogen-bond acceptors (Lipinski definition) is 2. The highest BCUT2D eigenvalue weighted by atomic mass is 35.5. The van der Waals surface area contributed by atoms with E-state index in [0.717, 1.165) is 11.3 Å². The van der Waals surface area contributed by atoms with E-state index < -0.39 is 0 Å². The molecule has 114 valence electrons. The van der Waals surface area contributed by atoms with Crippen LogP contribution in [0.25, 0.3) is 6.08 Å². The average Bonchev–Trinajstić information content (AvgIpc) is 2.53. The fraction of sp³-hybridized carbons (Fsp3) is 0.167. The molecule has 0 atom stereocenters. The van der Waals surface area contributed by atoms with Crippen LogP contribution >= 0.6 is 11.6 Å². The minimum Gasteiger partial charge on any atom is -0.383 e. The summed E-state index contributed by atoms with van der Waals surface area (Å²) in [5, 5.41) is 6.78. The SMILES string of the molecule is CC=Cc1cc(Cl)ccc1C(=O)NCCNc1ccccc1. The Morgan fingerprint density at radius 1 is 1.14 bits per heavy atom. The van der Waals surface area contributed by atoms with Crippen molar-refractivity contribution < 1.29 is 4.79 Å². The monoisotopic (exact) mass is 314 g/mol. The van der Waals surface area contributed by atoms with Gasteiger partial charge in [-0.2, -0.15) is 0 Å². The fourth-order valence-corrected chi connectivity index (χ4v) is 2.27. The number of halogens is 1. The first-order valence-corrected chi connectivity index (χ1v) is 7.58. The number of carbonyl (C=O) groups is 1. The van der Waals surface area contributed by atoms with Crippen molar-refractivity contribution in [3.63, 3.8) is 0 Å². The molecule has 22 heavy (non-hydrogen) atoms. The molecule has 0 unspecified atom stereocenters. The molecule has 2 aromatic carbocycles. The zero-order valence-electron chi connectivity index (χ0n) is 12.5. The van der Waals surface area contributed by atoms with Crippen LogP contribution in [0.3, 0.4) is 0 Å². The summed E-state index contributed by atoms with van der Waals surface area (Å²) >= 11 is 5.98. The maximum atomic E-state index is 12.2. The first-order valence-electron chi connectivity index (χ1n) is 7.20. The van der Waals surface area contributed by atoms with Gasteiger partial charge in [-0.15, -0.1) is 0 Å². The number of amides is 1. The van der Waals surface area contributed by atoms with E-state index in [1.165, 1.54) is 0 Å². The van der Waals surface area contributed by atoms with E-state index in [0.29, 0.717) is 23.7 Å². The number of allylic oxidation sites excluding steroid dienone is 1. The lowest BCUT2D eigenvalue weighted by atomic mass is 10.1. The van der Waals surface area contributed by atoms with Gasteiger partial charge in [0, 0.05) is 29.4 Å². The van der Waals surface area contributed by atoms with Crippen LogP contribution < -0.4 is 10.6 Å². The molecule has 0 radical (unpaired) electrons. The van der Waals surface area contributed by atoms with Gasteiger partial charge in [0.2, 0.25) is 0 Å². The predicted octanol–water partition coefficient (Wildman–Crippen LogP) is 4.22. The first-order chi connectivity index (χ1) is 10.7. The number of para-hydroxylation sites is 1. The highest BCUT2D eigenvalue weighted by Gasteiger charge is 2.09. The van der Waals surface area contributed by atoms with E-state index in [4.69, 9.17) is 11.6 Å². The van der Waals surface area contributed by atoms with Gasteiger partial charge in [-0.1, -0.05) is 42.0 Å². The van der Waals surface area contributed by atoms with Crippen molar-refractivity contribution in [1.82, 2.24) is 5.32 Å². The standard InChI is InChI=1S/C18H19ClN2O/c1-2-6-14-13-15(19)9-10-17(14)18(22)21-12-11-20-16-7-4-3-5-8-16/h2-10,13,20H,11-12H2,1H3,(H,21,22). The van der Waals surface area contributed by atoms with E-state index >= 15 is 0 Å². The van der Waals surface area contributed by atoms with Crippen LogP contribution in [0.1, 0.15) is 22.8 Å². The molecule has 3 nitrogen and oxygen atoms in total. The molecular weight excluding hydrogens is 296 g/mol. The summed E-state index contributed by atoms with van der Waals surface area (Å²) in [6, 6.07) is 15.2. The second-order valence-corrected chi connectivity index (χ2v) is 5.22. The highest BCUT2D eigenvalue weighted by Crippen LogP contribution is 2.17. The van der Waals surface area contributed by atoms with Crippen molar-refractivity contribution in [2.45, 2.75) is 6.92 Å². The third-order valence-corrected chi connectivity index (χ3v) is 3.35. The third kappa shape index (κ3) is 4.64. The topological polar surface area (TPSA) is 41.1 Å². The van der Waals surface area contributed by atoms with Crippen molar-refractivity contribution in [3.05, 3.63) is 70.8 Å². The number of anilines is 1. The lowest BCUT2D eigenvalue weighted by Crippen LogP contribution is -2.29. The first kappa shape index (κ1) is 16.1. The van der Waals surface area contributed by atoms with E-state index in [2.05, 4.69) is 10.6 Å².